The summed E-state index contributed by atoms with van der Waals surface area (Å²) < 4.78 is 0. The fourth-order valence-corrected chi connectivity index (χ4v) is 0.813. The molecule has 0 saturated heterocycles. The molecule has 1 aromatic heterocycles. The Morgan fingerprint density at radius 3 is 3.09 bits per heavy atom. The Kier molecular flexibility index (Phi) is 2.68. The van der Waals surface area contributed by atoms with Gasteiger partial charge in [-0.25, -0.2) is 4.99 Å². The minimum absolute atomic E-state index is 0.459. The normalized spacial score (nSPS) is 10.2. The summed E-state index contributed by atoms with van der Waals surface area (Å²) in [5.74, 6) is 0. The maximum Gasteiger partial charge on any atom is 0.136 e. The van der Waals surface area contributed by atoms with Crippen molar-refractivity contribution < 1.29 is 0 Å². The Morgan fingerprint density at radius 1 is 1.73 bits per heavy atom. The Bertz CT molecular complexity index is 268. The molecule has 0 aliphatic carbocycles. The summed E-state index contributed by atoms with van der Waals surface area (Å²) in [5, 5.41) is 0. The zero-order valence-electron chi connectivity index (χ0n) is 5.77. The van der Waals surface area contributed by atoms with Gasteiger partial charge in [0.1, 0.15) is 4.99 Å². The van der Waals surface area contributed by atoms with E-state index in [1.54, 1.807) is 18.5 Å². The zero-order chi connectivity index (χ0) is 8.10. The first-order valence-corrected chi connectivity index (χ1v) is 3.44. The number of aromatic nitrogens is 1. The summed E-state index contributed by atoms with van der Waals surface area (Å²) in [7, 11) is 0. The quantitative estimate of drug-likeness (QED) is 0.379. The van der Waals surface area contributed by atoms with Crippen LogP contribution < -0.4 is 5.73 Å². The molecule has 0 bridgehead atoms. The zero-order valence-corrected chi connectivity index (χ0v) is 6.58. The molecule has 0 radical (unpaired) electrons. The van der Waals surface area contributed by atoms with Crippen LogP contribution in [0.1, 0.15) is 5.56 Å². The van der Waals surface area contributed by atoms with Gasteiger partial charge >= 0.3 is 0 Å². The summed E-state index contributed by atoms with van der Waals surface area (Å²) in [4.78, 5) is 8.08. The fraction of sp³-hybridized carbons (Fsp3) is 0. The molecule has 1 aromatic rings. The molecule has 0 aromatic carbocycles. The molecule has 0 atom stereocenters. The van der Waals surface area contributed by atoms with Crippen molar-refractivity contribution in [1.82, 2.24) is 4.98 Å². The van der Waals surface area contributed by atoms with Gasteiger partial charge in [-0.15, -0.1) is 0 Å². The van der Waals surface area contributed by atoms with Gasteiger partial charge in [0.2, 0.25) is 0 Å². The molecule has 2 N–H and O–H groups in total. The Labute approximate surface area is 70.0 Å². The van der Waals surface area contributed by atoms with Gasteiger partial charge in [0.15, 0.2) is 0 Å². The number of nitrogens with two attached hydrogens (primary N) is 1. The predicted octanol–water partition coefficient (Wildman–Crippen LogP) is 0.744. The molecule has 0 amide bonds. The SMILES string of the molecule is NC=NC(=S)c1cccnc1. The maximum absolute atomic E-state index is 5.07. The van der Waals surface area contributed by atoms with Gasteiger partial charge in [-0.2, -0.15) is 0 Å². The van der Waals surface area contributed by atoms with E-state index in [1.807, 2.05) is 6.07 Å². The first-order valence-electron chi connectivity index (χ1n) is 3.03. The number of aliphatic imine (C=N–C) groups is 1. The minimum Gasteiger partial charge on any atom is -0.390 e. The molecule has 4 heteroatoms. The first-order chi connectivity index (χ1) is 5.34. The molecule has 1 heterocycles. The number of nitrogens with zero attached hydrogens (tertiary/aromatic N) is 2. The van der Waals surface area contributed by atoms with Crippen molar-refractivity contribution in [3.05, 3.63) is 30.1 Å². The van der Waals surface area contributed by atoms with Crippen LogP contribution in [0.25, 0.3) is 0 Å². The fourth-order valence-electron chi connectivity index (χ4n) is 0.631. The molecule has 0 fully saturated rings. The second-order valence-corrected chi connectivity index (χ2v) is 2.21. The number of hydrogen-bond donors (Lipinski definition) is 1. The van der Waals surface area contributed by atoms with Crippen LogP contribution in [0.4, 0.5) is 0 Å². The number of thiocarbonyl (C=S) groups is 1. The molecule has 11 heavy (non-hydrogen) atoms. The minimum atomic E-state index is 0.459. The summed E-state index contributed by atoms with van der Waals surface area (Å²) >= 11 is 4.90. The number of pyridine rings is 1. The maximum atomic E-state index is 5.07. The van der Waals surface area contributed by atoms with Crippen LogP contribution in [0.3, 0.4) is 0 Å². The van der Waals surface area contributed by atoms with Crippen molar-refractivity contribution >= 4 is 23.5 Å². The van der Waals surface area contributed by atoms with E-state index in [0.29, 0.717) is 4.99 Å². The molecule has 56 valence electrons. The largest absolute Gasteiger partial charge is 0.390 e. The number of hydrogen-bond acceptors (Lipinski definition) is 2. The highest BCUT2D eigenvalue weighted by atomic mass is 32.1. The molecular formula is C7H7N3S. The van der Waals surface area contributed by atoms with E-state index in [9.17, 15) is 0 Å². The highest BCUT2D eigenvalue weighted by Crippen LogP contribution is 1.98. The Morgan fingerprint density at radius 2 is 2.55 bits per heavy atom. The molecule has 3 nitrogen and oxygen atoms in total. The molecule has 1 rings (SSSR count). The molecule has 0 spiro atoms. The van der Waals surface area contributed by atoms with Crippen molar-refractivity contribution in [2.75, 3.05) is 0 Å². The van der Waals surface area contributed by atoms with Gasteiger partial charge in [0.05, 0.1) is 6.34 Å². The molecule has 0 saturated carbocycles. The molecule has 0 unspecified atom stereocenters. The van der Waals surface area contributed by atoms with E-state index < -0.39 is 0 Å². The monoisotopic (exact) mass is 165 g/mol. The lowest BCUT2D eigenvalue weighted by molar-refractivity contribution is 1.32. The van der Waals surface area contributed by atoms with Gasteiger partial charge in [0.25, 0.3) is 0 Å². The lowest BCUT2D eigenvalue weighted by Crippen LogP contribution is -1.97. The van der Waals surface area contributed by atoms with E-state index in [-0.39, 0.29) is 0 Å². The standard InChI is InChI=1S/C7H7N3S/c8-5-10-7(11)6-2-1-3-9-4-6/h1-5H,(H2,8,10,11). The Balaban J connectivity index is 2.86. The summed E-state index contributed by atoms with van der Waals surface area (Å²) in [6.07, 6.45) is 4.50. The third-order valence-corrected chi connectivity index (χ3v) is 1.44. The second-order valence-electron chi connectivity index (χ2n) is 1.83. The predicted molar refractivity (Wildman–Crippen MR) is 48.6 cm³/mol. The molecule has 0 aliphatic heterocycles. The van der Waals surface area contributed by atoms with Crippen LogP contribution in [0.2, 0.25) is 0 Å². The van der Waals surface area contributed by atoms with Crippen molar-refractivity contribution in [3.8, 4) is 0 Å². The van der Waals surface area contributed by atoms with E-state index in [1.165, 1.54) is 6.34 Å². The lowest BCUT2D eigenvalue weighted by atomic mass is 10.3. The average Bonchev–Trinajstić information content (AvgIpc) is 2.07. The first kappa shape index (κ1) is 7.81. The molecular weight excluding hydrogens is 158 g/mol. The molecule has 0 aliphatic rings. The van der Waals surface area contributed by atoms with Gasteiger partial charge in [-0.05, 0) is 12.1 Å². The average molecular weight is 165 g/mol. The van der Waals surface area contributed by atoms with Crippen LogP contribution in [0.5, 0.6) is 0 Å². The third-order valence-electron chi connectivity index (χ3n) is 1.10. The van der Waals surface area contributed by atoms with Crippen molar-refractivity contribution in [1.29, 1.82) is 0 Å². The summed E-state index contributed by atoms with van der Waals surface area (Å²) in [5.41, 5.74) is 5.88. The highest BCUT2D eigenvalue weighted by molar-refractivity contribution is 7.80. The van der Waals surface area contributed by atoms with Gasteiger partial charge in [-0.1, -0.05) is 12.2 Å². The van der Waals surface area contributed by atoms with E-state index in [0.717, 1.165) is 5.56 Å². The van der Waals surface area contributed by atoms with Crippen LogP contribution in [0, 0.1) is 0 Å². The van der Waals surface area contributed by atoms with Crippen LogP contribution in [0.15, 0.2) is 29.5 Å². The van der Waals surface area contributed by atoms with E-state index in [2.05, 4.69) is 9.98 Å². The van der Waals surface area contributed by atoms with E-state index >= 15 is 0 Å². The van der Waals surface area contributed by atoms with Crippen LogP contribution in [-0.4, -0.2) is 16.3 Å². The number of rotatable bonds is 1. The smallest absolute Gasteiger partial charge is 0.136 e. The van der Waals surface area contributed by atoms with Crippen molar-refractivity contribution in [3.63, 3.8) is 0 Å². The highest BCUT2D eigenvalue weighted by Gasteiger charge is 1.94. The summed E-state index contributed by atoms with van der Waals surface area (Å²) in [6.45, 7) is 0. The van der Waals surface area contributed by atoms with Gasteiger partial charge in [-0.3, -0.25) is 4.98 Å². The third kappa shape index (κ3) is 2.09. The van der Waals surface area contributed by atoms with Crippen LogP contribution in [-0.2, 0) is 0 Å². The Hall–Kier alpha value is -1.29. The van der Waals surface area contributed by atoms with E-state index in [4.69, 9.17) is 18.0 Å². The van der Waals surface area contributed by atoms with Gasteiger partial charge < -0.3 is 5.73 Å². The summed E-state index contributed by atoms with van der Waals surface area (Å²) in [6, 6.07) is 3.63. The van der Waals surface area contributed by atoms with Crippen LogP contribution >= 0.6 is 12.2 Å². The van der Waals surface area contributed by atoms with Crippen molar-refractivity contribution in [2.45, 2.75) is 0 Å². The van der Waals surface area contributed by atoms with Gasteiger partial charge in [0, 0.05) is 18.0 Å². The lowest BCUT2D eigenvalue weighted by Gasteiger charge is -1.93. The topological polar surface area (TPSA) is 51.3 Å². The second kappa shape index (κ2) is 3.78. The van der Waals surface area contributed by atoms with Crippen molar-refractivity contribution in [2.24, 2.45) is 10.7 Å².